The fourth-order valence-corrected chi connectivity index (χ4v) is 3.45. The molecule has 2 aromatic carbocycles. The topological polar surface area (TPSA) is 84.2 Å². The monoisotopic (exact) mass is 401 g/mol. The first kappa shape index (κ1) is 21.9. The van der Waals surface area contributed by atoms with Crippen LogP contribution in [0.5, 0.6) is 0 Å². The van der Waals surface area contributed by atoms with Crippen molar-refractivity contribution in [2.75, 3.05) is 5.32 Å². The molecule has 0 saturated heterocycles. The molecule has 4 N–H and O–H groups in total. The summed E-state index contributed by atoms with van der Waals surface area (Å²) in [5.41, 5.74) is 9.33. The lowest BCUT2D eigenvalue weighted by atomic mass is 9.95. The van der Waals surface area contributed by atoms with E-state index in [2.05, 4.69) is 10.6 Å². The molecule has 6 heteroatoms. The van der Waals surface area contributed by atoms with Gasteiger partial charge in [0, 0.05) is 29.4 Å². The van der Waals surface area contributed by atoms with Crippen molar-refractivity contribution >= 4 is 29.9 Å². The summed E-state index contributed by atoms with van der Waals surface area (Å²) in [4.78, 5) is 24.9. The Morgan fingerprint density at radius 2 is 1.61 bits per heavy atom. The van der Waals surface area contributed by atoms with Gasteiger partial charge in [0.05, 0.1) is 0 Å². The molecule has 1 fully saturated rings. The van der Waals surface area contributed by atoms with Crippen LogP contribution in [0.3, 0.4) is 0 Å². The molecule has 150 valence electrons. The summed E-state index contributed by atoms with van der Waals surface area (Å²) >= 11 is 0. The number of hydrogen-bond acceptors (Lipinski definition) is 3. The molecule has 2 amide bonds. The largest absolute Gasteiger partial charge is 0.349 e. The average molecular weight is 402 g/mol. The number of anilines is 1. The summed E-state index contributed by atoms with van der Waals surface area (Å²) in [5.74, 6) is -0.221. The van der Waals surface area contributed by atoms with Crippen LogP contribution in [0.2, 0.25) is 0 Å². The summed E-state index contributed by atoms with van der Waals surface area (Å²) < 4.78 is 0. The van der Waals surface area contributed by atoms with Gasteiger partial charge in [0.1, 0.15) is 0 Å². The molecule has 1 saturated carbocycles. The zero-order valence-electron chi connectivity index (χ0n) is 16.2. The Kier molecular flexibility index (Phi) is 8.03. The number of carbonyl (C=O) groups is 2. The minimum atomic E-state index is -0.180. The van der Waals surface area contributed by atoms with E-state index in [0.29, 0.717) is 23.4 Å². The Morgan fingerprint density at radius 1 is 0.964 bits per heavy atom. The molecule has 0 heterocycles. The highest BCUT2D eigenvalue weighted by atomic mass is 35.5. The van der Waals surface area contributed by atoms with E-state index < -0.39 is 0 Å². The van der Waals surface area contributed by atoms with Crippen molar-refractivity contribution in [3.63, 3.8) is 0 Å². The van der Waals surface area contributed by atoms with E-state index in [0.717, 1.165) is 24.0 Å². The first-order chi connectivity index (χ1) is 13.1. The highest BCUT2D eigenvalue weighted by Gasteiger charge is 2.17. The van der Waals surface area contributed by atoms with Crippen LogP contribution in [-0.2, 0) is 6.54 Å². The number of aryl methyl sites for hydroxylation is 1. The number of hydrogen-bond donors (Lipinski definition) is 3. The molecule has 1 aliphatic carbocycles. The van der Waals surface area contributed by atoms with E-state index in [1.165, 1.54) is 19.3 Å². The summed E-state index contributed by atoms with van der Waals surface area (Å²) in [6.07, 6.45) is 5.74. The van der Waals surface area contributed by atoms with Crippen LogP contribution < -0.4 is 16.4 Å². The van der Waals surface area contributed by atoms with E-state index in [9.17, 15) is 9.59 Å². The minimum absolute atomic E-state index is 0. The molecule has 28 heavy (non-hydrogen) atoms. The van der Waals surface area contributed by atoms with Gasteiger partial charge in [0.15, 0.2) is 0 Å². The zero-order valence-corrected chi connectivity index (χ0v) is 17.0. The fourth-order valence-electron chi connectivity index (χ4n) is 3.45. The molecular formula is C22H28ClN3O2. The molecule has 2 aromatic rings. The van der Waals surface area contributed by atoms with Crippen LogP contribution in [0.15, 0.2) is 42.5 Å². The van der Waals surface area contributed by atoms with Gasteiger partial charge in [-0.15, -0.1) is 12.4 Å². The number of benzene rings is 2. The quantitative estimate of drug-likeness (QED) is 0.702. The number of rotatable bonds is 5. The zero-order chi connectivity index (χ0) is 19.2. The summed E-state index contributed by atoms with van der Waals surface area (Å²) in [5, 5.41) is 6.03. The molecule has 0 bridgehead atoms. The standard InChI is InChI=1S/C22H27N3O2.ClH/c1-15-13-18(22(27)24-19-5-3-2-4-6-19)11-12-20(15)25-21(26)17-9-7-16(14-23)8-10-17;/h7-13,19H,2-6,14,23H2,1H3,(H,24,27)(H,25,26);1H. The van der Waals surface area contributed by atoms with E-state index >= 15 is 0 Å². The Balaban J connectivity index is 0.00000280. The third-order valence-corrected chi connectivity index (χ3v) is 5.13. The van der Waals surface area contributed by atoms with Gasteiger partial charge in [-0.25, -0.2) is 0 Å². The van der Waals surface area contributed by atoms with Gasteiger partial charge in [-0.05, 0) is 61.2 Å². The van der Waals surface area contributed by atoms with Crippen LogP contribution in [0, 0.1) is 6.92 Å². The first-order valence-electron chi connectivity index (χ1n) is 9.58. The smallest absolute Gasteiger partial charge is 0.255 e. The van der Waals surface area contributed by atoms with Gasteiger partial charge in [-0.1, -0.05) is 31.4 Å². The van der Waals surface area contributed by atoms with Gasteiger partial charge < -0.3 is 16.4 Å². The van der Waals surface area contributed by atoms with E-state index in [1.807, 2.05) is 25.1 Å². The molecule has 5 nitrogen and oxygen atoms in total. The third-order valence-electron chi connectivity index (χ3n) is 5.13. The summed E-state index contributed by atoms with van der Waals surface area (Å²) in [6.45, 7) is 2.34. The van der Waals surface area contributed by atoms with Gasteiger partial charge >= 0.3 is 0 Å². The molecule has 0 radical (unpaired) electrons. The van der Waals surface area contributed by atoms with E-state index in [4.69, 9.17) is 5.73 Å². The van der Waals surface area contributed by atoms with Crippen LogP contribution in [0.25, 0.3) is 0 Å². The predicted molar refractivity (Wildman–Crippen MR) is 115 cm³/mol. The van der Waals surface area contributed by atoms with Crippen molar-refractivity contribution in [1.29, 1.82) is 0 Å². The summed E-state index contributed by atoms with van der Waals surface area (Å²) in [6, 6.07) is 12.9. The second-order valence-electron chi connectivity index (χ2n) is 7.19. The first-order valence-corrected chi connectivity index (χ1v) is 9.58. The summed E-state index contributed by atoms with van der Waals surface area (Å²) in [7, 11) is 0. The lowest BCUT2D eigenvalue weighted by Gasteiger charge is -2.23. The van der Waals surface area contributed by atoms with Crippen molar-refractivity contribution in [2.45, 2.75) is 51.6 Å². The Bertz CT molecular complexity index is 815. The van der Waals surface area contributed by atoms with Crippen LogP contribution in [-0.4, -0.2) is 17.9 Å². The Hall–Kier alpha value is -2.37. The van der Waals surface area contributed by atoms with Gasteiger partial charge in [0.25, 0.3) is 11.8 Å². The number of nitrogens with one attached hydrogen (secondary N) is 2. The lowest BCUT2D eigenvalue weighted by molar-refractivity contribution is 0.0927. The molecular weight excluding hydrogens is 374 g/mol. The average Bonchev–Trinajstić information content (AvgIpc) is 2.70. The van der Waals surface area contributed by atoms with Crippen molar-refractivity contribution in [3.8, 4) is 0 Å². The van der Waals surface area contributed by atoms with Crippen molar-refractivity contribution in [2.24, 2.45) is 5.73 Å². The molecule has 0 unspecified atom stereocenters. The third kappa shape index (κ3) is 5.57. The number of nitrogens with two attached hydrogens (primary N) is 1. The number of carbonyl (C=O) groups excluding carboxylic acids is 2. The molecule has 1 aliphatic rings. The normalized spacial score (nSPS) is 14.1. The maximum Gasteiger partial charge on any atom is 0.255 e. The van der Waals surface area contributed by atoms with Gasteiger partial charge in [-0.2, -0.15) is 0 Å². The minimum Gasteiger partial charge on any atom is -0.349 e. The second-order valence-corrected chi connectivity index (χ2v) is 7.19. The van der Waals surface area contributed by atoms with Crippen LogP contribution >= 0.6 is 12.4 Å². The molecule has 3 rings (SSSR count). The fraction of sp³-hybridized carbons (Fsp3) is 0.364. The number of amides is 2. The van der Waals surface area contributed by atoms with Crippen molar-refractivity contribution in [3.05, 3.63) is 64.7 Å². The lowest BCUT2D eigenvalue weighted by Crippen LogP contribution is -2.36. The maximum absolute atomic E-state index is 12.5. The van der Waals surface area contributed by atoms with Crippen molar-refractivity contribution in [1.82, 2.24) is 5.32 Å². The predicted octanol–water partition coefficient (Wildman–Crippen LogP) is 4.19. The molecule has 0 atom stereocenters. The van der Waals surface area contributed by atoms with Gasteiger partial charge in [0.2, 0.25) is 0 Å². The molecule has 0 aliphatic heterocycles. The highest BCUT2D eigenvalue weighted by Crippen LogP contribution is 2.20. The van der Waals surface area contributed by atoms with E-state index in [1.54, 1.807) is 24.3 Å². The van der Waals surface area contributed by atoms with Crippen LogP contribution in [0.1, 0.15) is 63.9 Å². The van der Waals surface area contributed by atoms with Gasteiger partial charge in [-0.3, -0.25) is 9.59 Å². The van der Waals surface area contributed by atoms with Crippen molar-refractivity contribution < 1.29 is 9.59 Å². The van der Waals surface area contributed by atoms with E-state index in [-0.39, 0.29) is 30.3 Å². The molecule has 0 aromatic heterocycles. The Morgan fingerprint density at radius 3 is 2.21 bits per heavy atom. The number of halogens is 1. The maximum atomic E-state index is 12.5. The van der Waals surface area contributed by atoms with Crippen LogP contribution in [0.4, 0.5) is 5.69 Å². The SMILES string of the molecule is Cc1cc(C(=O)NC2CCCCC2)ccc1NC(=O)c1ccc(CN)cc1.Cl. The highest BCUT2D eigenvalue weighted by molar-refractivity contribution is 6.05. The second kappa shape index (κ2) is 10.2. The molecule has 0 spiro atoms. The Labute approximate surface area is 172 Å².